The summed E-state index contributed by atoms with van der Waals surface area (Å²) in [5.74, 6) is 0. The van der Waals surface area contributed by atoms with Gasteiger partial charge < -0.3 is 4.90 Å². The Morgan fingerprint density at radius 1 is 1.06 bits per heavy atom. The summed E-state index contributed by atoms with van der Waals surface area (Å²) in [6.07, 6.45) is 3.69. The van der Waals surface area contributed by atoms with E-state index in [4.69, 9.17) is 0 Å². The van der Waals surface area contributed by atoms with Crippen molar-refractivity contribution in [1.82, 2.24) is 4.90 Å². The van der Waals surface area contributed by atoms with Gasteiger partial charge >= 0.3 is 0 Å². The number of alkyl halides is 1. The molecule has 0 unspecified atom stereocenters. The van der Waals surface area contributed by atoms with Crippen LogP contribution in [0, 0.1) is 0 Å². The molecule has 96 valence electrons. The number of hydrogen-bond acceptors (Lipinski definition) is 1. The molecule has 0 aliphatic rings. The second kappa shape index (κ2) is 8.71. The van der Waals surface area contributed by atoms with Crippen molar-refractivity contribution in [2.75, 3.05) is 18.4 Å². The minimum atomic E-state index is 0.657. The van der Waals surface area contributed by atoms with Crippen LogP contribution in [0.1, 0.15) is 32.3 Å². The lowest BCUT2D eigenvalue weighted by Gasteiger charge is -2.26. The molecule has 0 spiro atoms. The molecule has 0 radical (unpaired) electrons. The molecule has 0 heterocycles. The Labute approximate surface area is 114 Å². The molecule has 0 atom stereocenters. The van der Waals surface area contributed by atoms with E-state index in [0.29, 0.717) is 6.04 Å². The minimum absolute atomic E-state index is 0.657. The second-order valence-corrected chi connectivity index (χ2v) is 5.55. The Morgan fingerprint density at radius 3 is 2.29 bits per heavy atom. The van der Waals surface area contributed by atoms with E-state index in [9.17, 15) is 0 Å². The molecular weight excluding hydrogens is 274 g/mol. The summed E-state index contributed by atoms with van der Waals surface area (Å²) < 4.78 is 0. The molecule has 1 rings (SSSR count). The highest BCUT2D eigenvalue weighted by atomic mass is 79.9. The zero-order valence-corrected chi connectivity index (χ0v) is 12.6. The molecule has 0 aliphatic heterocycles. The molecule has 17 heavy (non-hydrogen) atoms. The van der Waals surface area contributed by atoms with Gasteiger partial charge in [-0.1, -0.05) is 46.3 Å². The minimum Gasteiger partial charge on any atom is -0.301 e. The van der Waals surface area contributed by atoms with Crippen LogP contribution in [-0.4, -0.2) is 29.4 Å². The summed E-state index contributed by atoms with van der Waals surface area (Å²) in [7, 11) is 0. The smallest absolute Gasteiger partial charge is 0.00434 e. The number of nitrogens with zero attached hydrogens (tertiary/aromatic N) is 1. The number of benzene rings is 1. The van der Waals surface area contributed by atoms with Crippen LogP contribution in [0.25, 0.3) is 0 Å². The second-order valence-electron chi connectivity index (χ2n) is 4.76. The first kappa shape index (κ1) is 14.7. The van der Waals surface area contributed by atoms with Crippen LogP contribution in [0.5, 0.6) is 0 Å². The van der Waals surface area contributed by atoms with Crippen molar-refractivity contribution in [3.8, 4) is 0 Å². The first-order valence-corrected chi connectivity index (χ1v) is 7.70. The van der Waals surface area contributed by atoms with E-state index in [1.165, 1.54) is 37.9 Å². The molecule has 0 saturated heterocycles. The van der Waals surface area contributed by atoms with Crippen LogP contribution in [0.3, 0.4) is 0 Å². The summed E-state index contributed by atoms with van der Waals surface area (Å²) >= 11 is 3.51. The monoisotopic (exact) mass is 297 g/mol. The van der Waals surface area contributed by atoms with Gasteiger partial charge in [0.15, 0.2) is 0 Å². The van der Waals surface area contributed by atoms with Crippen molar-refractivity contribution in [2.24, 2.45) is 0 Å². The Hall–Kier alpha value is -0.340. The van der Waals surface area contributed by atoms with E-state index in [2.05, 4.69) is 65.0 Å². The lowest BCUT2D eigenvalue weighted by molar-refractivity contribution is 0.220. The van der Waals surface area contributed by atoms with Crippen LogP contribution >= 0.6 is 15.9 Å². The van der Waals surface area contributed by atoms with Gasteiger partial charge in [-0.15, -0.1) is 0 Å². The van der Waals surface area contributed by atoms with E-state index in [0.717, 1.165) is 5.33 Å². The van der Waals surface area contributed by atoms with E-state index in [1.807, 2.05) is 0 Å². The molecule has 0 amide bonds. The standard InChI is InChI=1S/C15H24BrN/c1-14(2)17(13-7-11-16)12-6-10-15-8-4-3-5-9-15/h3-5,8-9,14H,6-7,10-13H2,1-2H3. The molecular formula is C15H24BrN. The highest BCUT2D eigenvalue weighted by Gasteiger charge is 2.07. The zero-order chi connectivity index (χ0) is 12.5. The van der Waals surface area contributed by atoms with E-state index in [-0.39, 0.29) is 0 Å². The van der Waals surface area contributed by atoms with Crippen LogP contribution < -0.4 is 0 Å². The number of aryl methyl sites for hydroxylation is 1. The van der Waals surface area contributed by atoms with Gasteiger partial charge in [0, 0.05) is 11.4 Å². The number of halogens is 1. The Balaban J connectivity index is 2.27. The summed E-state index contributed by atoms with van der Waals surface area (Å²) in [5.41, 5.74) is 1.46. The van der Waals surface area contributed by atoms with Crippen molar-refractivity contribution in [3.63, 3.8) is 0 Å². The van der Waals surface area contributed by atoms with Gasteiger partial charge in [-0.05, 0) is 51.8 Å². The average Bonchev–Trinajstić information content (AvgIpc) is 2.34. The number of rotatable bonds is 8. The Kier molecular flexibility index (Phi) is 7.54. The fourth-order valence-corrected chi connectivity index (χ4v) is 2.27. The summed E-state index contributed by atoms with van der Waals surface area (Å²) in [6.45, 7) is 6.99. The molecule has 0 aromatic heterocycles. The average molecular weight is 298 g/mol. The quantitative estimate of drug-likeness (QED) is 0.653. The first-order chi connectivity index (χ1) is 8.24. The number of hydrogen-bond donors (Lipinski definition) is 0. The van der Waals surface area contributed by atoms with Gasteiger partial charge in [0.05, 0.1) is 0 Å². The molecule has 2 heteroatoms. The SMILES string of the molecule is CC(C)N(CCCBr)CCCc1ccccc1. The van der Waals surface area contributed by atoms with E-state index in [1.54, 1.807) is 0 Å². The fourth-order valence-electron chi connectivity index (χ4n) is 2.02. The van der Waals surface area contributed by atoms with Crippen molar-refractivity contribution in [2.45, 2.75) is 39.2 Å². The van der Waals surface area contributed by atoms with Crippen molar-refractivity contribution in [3.05, 3.63) is 35.9 Å². The third kappa shape index (κ3) is 6.23. The van der Waals surface area contributed by atoms with Gasteiger partial charge in [-0.25, -0.2) is 0 Å². The zero-order valence-electron chi connectivity index (χ0n) is 11.0. The van der Waals surface area contributed by atoms with Gasteiger partial charge in [-0.2, -0.15) is 0 Å². The molecule has 0 bridgehead atoms. The lowest BCUT2D eigenvalue weighted by Crippen LogP contribution is -2.33. The highest BCUT2D eigenvalue weighted by Crippen LogP contribution is 2.07. The van der Waals surface area contributed by atoms with Gasteiger partial charge in [-0.3, -0.25) is 0 Å². The van der Waals surface area contributed by atoms with E-state index >= 15 is 0 Å². The van der Waals surface area contributed by atoms with Crippen LogP contribution in [0.4, 0.5) is 0 Å². The third-order valence-corrected chi connectivity index (χ3v) is 3.62. The van der Waals surface area contributed by atoms with Gasteiger partial charge in [0.1, 0.15) is 0 Å². The maximum atomic E-state index is 3.51. The van der Waals surface area contributed by atoms with Crippen molar-refractivity contribution in [1.29, 1.82) is 0 Å². The molecule has 0 N–H and O–H groups in total. The molecule has 0 aliphatic carbocycles. The van der Waals surface area contributed by atoms with Crippen LogP contribution in [0.2, 0.25) is 0 Å². The first-order valence-electron chi connectivity index (χ1n) is 6.58. The van der Waals surface area contributed by atoms with Crippen LogP contribution in [-0.2, 0) is 6.42 Å². The fraction of sp³-hybridized carbons (Fsp3) is 0.600. The van der Waals surface area contributed by atoms with Crippen LogP contribution in [0.15, 0.2) is 30.3 Å². The van der Waals surface area contributed by atoms with Crippen molar-refractivity contribution < 1.29 is 0 Å². The van der Waals surface area contributed by atoms with E-state index < -0.39 is 0 Å². The normalized spacial score (nSPS) is 11.4. The molecule has 1 aromatic rings. The predicted molar refractivity (Wildman–Crippen MR) is 79.9 cm³/mol. The van der Waals surface area contributed by atoms with Crippen molar-refractivity contribution >= 4 is 15.9 Å². The molecule has 1 nitrogen and oxygen atoms in total. The molecule has 0 saturated carbocycles. The lowest BCUT2D eigenvalue weighted by atomic mass is 10.1. The maximum absolute atomic E-state index is 3.51. The summed E-state index contributed by atoms with van der Waals surface area (Å²) in [5, 5.41) is 1.11. The summed E-state index contributed by atoms with van der Waals surface area (Å²) in [6, 6.07) is 11.4. The van der Waals surface area contributed by atoms with Gasteiger partial charge in [0.25, 0.3) is 0 Å². The predicted octanol–water partition coefficient (Wildman–Crippen LogP) is 4.11. The largest absolute Gasteiger partial charge is 0.301 e. The maximum Gasteiger partial charge on any atom is 0.00434 e. The van der Waals surface area contributed by atoms with Gasteiger partial charge in [0.2, 0.25) is 0 Å². The topological polar surface area (TPSA) is 3.24 Å². The third-order valence-electron chi connectivity index (χ3n) is 3.06. The Morgan fingerprint density at radius 2 is 1.71 bits per heavy atom. The molecule has 0 fully saturated rings. The molecule has 1 aromatic carbocycles. The highest BCUT2D eigenvalue weighted by molar-refractivity contribution is 9.09. The Bertz CT molecular complexity index is 284. The summed E-state index contributed by atoms with van der Waals surface area (Å²) in [4.78, 5) is 2.57.